The molecule has 0 radical (unpaired) electrons. The molecule has 0 spiro atoms. The maximum atomic E-state index is 5.30. The Balaban J connectivity index is 2.54. The normalized spacial score (nSPS) is 37.6. The van der Waals surface area contributed by atoms with Gasteiger partial charge in [0.05, 0.1) is 13.2 Å². The highest BCUT2D eigenvalue weighted by atomic mass is 16.7. The number of hydrogen-bond acceptors (Lipinski definition) is 2. The minimum Gasteiger partial charge on any atom is -0.466 e. The van der Waals surface area contributed by atoms with Crippen molar-refractivity contribution in [2.45, 2.75) is 20.8 Å². The number of ether oxygens (including phenoxy) is 2. The van der Waals surface area contributed by atoms with Gasteiger partial charge in [0.1, 0.15) is 0 Å². The van der Waals surface area contributed by atoms with E-state index in [1.165, 1.54) is 0 Å². The lowest BCUT2D eigenvalue weighted by atomic mass is 9.86. The van der Waals surface area contributed by atoms with Crippen LogP contribution >= 0.6 is 0 Å². The molecule has 0 aromatic carbocycles. The molecule has 2 heteroatoms. The topological polar surface area (TPSA) is 18.5 Å². The molecule has 1 saturated heterocycles. The Morgan fingerprint density at radius 3 is 1.92 bits per heavy atom. The van der Waals surface area contributed by atoms with Gasteiger partial charge in [-0.1, -0.05) is 20.8 Å². The van der Waals surface area contributed by atoms with E-state index < -0.39 is 0 Å². The highest BCUT2D eigenvalue weighted by Gasteiger charge is 2.22. The monoisotopic (exact) mass is 170 g/mol. The molecule has 0 saturated carbocycles. The first-order chi connectivity index (χ1) is 5.61. The summed E-state index contributed by atoms with van der Waals surface area (Å²) >= 11 is 0. The lowest BCUT2D eigenvalue weighted by molar-refractivity contribution is -0.0323. The van der Waals surface area contributed by atoms with Crippen LogP contribution in [-0.4, -0.2) is 13.2 Å². The van der Waals surface area contributed by atoms with Crippen LogP contribution in [0.15, 0.2) is 12.5 Å². The van der Waals surface area contributed by atoms with Gasteiger partial charge in [-0.3, -0.25) is 0 Å². The summed E-state index contributed by atoms with van der Waals surface area (Å²) in [6.45, 7) is 11.8. The van der Waals surface area contributed by atoms with Crippen molar-refractivity contribution >= 4 is 0 Å². The third-order valence-corrected chi connectivity index (χ3v) is 2.81. The van der Waals surface area contributed by atoms with Crippen LogP contribution in [0, 0.1) is 17.8 Å². The van der Waals surface area contributed by atoms with Crippen LogP contribution in [0.1, 0.15) is 20.8 Å². The van der Waals surface area contributed by atoms with Gasteiger partial charge in [-0.2, -0.15) is 0 Å². The molecule has 0 N–H and O–H groups in total. The van der Waals surface area contributed by atoms with Gasteiger partial charge in [-0.15, -0.1) is 0 Å². The Labute approximate surface area is 74.6 Å². The SMILES string of the molecule is C=C1OCC(C)C(C)C(C)CO1. The van der Waals surface area contributed by atoms with E-state index >= 15 is 0 Å². The van der Waals surface area contributed by atoms with Crippen LogP contribution < -0.4 is 0 Å². The molecule has 1 aliphatic rings. The summed E-state index contributed by atoms with van der Waals surface area (Å²) < 4.78 is 10.6. The molecule has 0 aromatic rings. The van der Waals surface area contributed by atoms with Crippen LogP contribution in [0.4, 0.5) is 0 Å². The number of rotatable bonds is 0. The zero-order chi connectivity index (χ0) is 9.14. The van der Waals surface area contributed by atoms with Crippen molar-refractivity contribution < 1.29 is 9.47 Å². The van der Waals surface area contributed by atoms with Crippen LogP contribution in [0.2, 0.25) is 0 Å². The van der Waals surface area contributed by atoms with Gasteiger partial charge in [-0.05, 0) is 24.3 Å². The maximum absolute atomic E-state index is 5.30. The third kappa shape index (κ3) is 2.16. The van der Waals surface area contributed by atoms with Crippen molar-refractivity contribution in [2.75, 3.05) is 13.2 Å². The van der Waals surface area contributed by atoms with E-state index in [-0.39, 0.29) is 0 Å². The first-order valence-electron chi connectivity index (χ1n) is 4.55. The highest BCUT2D eigenvalue weighted by Crippen LogP contribution is 2.24. The fourth-order valence-electron chi connectivity index (χ4n) is 1.35. The standard InChI is InChI=1S/C10H18O2/c1-7-5-11-10(4)12-6-8(2)9(7)3/h7-9H,4-6H2,1-3H3. The molecular weight excluding hydrogens is 152 g/mol. The highest BCUT2D eigenvalue weighted by molar-refractivity contribution is 4.76. The molecule has 0 bridgehead atoms. The lowest BCUT2D eigenvalue weighted by Gasteiger charge is -2.29. The Kier molecular flexibility index (Phi) is 3.01. The molecule has 1 aliphatic heterocycles. The molecule has 70 valence electrons. The summed E-state index contributed by atoms with van der Waals surface area (Å²) in [5.74, 6) is 2.29. The van der Waals surface area contributed by atoms with E-state index in [1.54, 1.807) is 0 Å². The van der Waals surface area contributed by atoms with E-state index in [9.17, 15) is 0 Å². The second-order valence-corrected chi connectivity index (χ2v) is 3.81. The van der Waals surface area contributed by atoms with Crippen LogP contribution in [0.5, 0.6) is 0 Å². The summed E-state index contributed by atoms with van der Waals surface area (Å²) in [7, 11) is 0. The Morgan fingerprint density at radius 2 is 1.50 bits per heavy atom. The van der Waals surface area contributed by atoms with Crippen molar-refractivity contribution in [3.63, 3.8) is 0 Å². The van der Waals surface area contributed by atoms with E-state index in [0.29, 0.717) is 23.7 Å². The minimum absolute atomic E-state index is 0.473. The summed E-state index contributed by atoms with van der Waals surface area (Å²) in [6.07, 6.45) is 0. The van der Waals surface area contributed by atoms with Crippen LogP contribution in [0.3, 0.4) is 0 Å². The van der Waals surface area contributed by atoms with Crippen molar-refractivity contribution in [1.82, 2.24) is 0 Å². The van der Waals surface area contributed by atoms with Crippen LogP contribution in [0.25, 0.3) is 0 Å². The molecule has 0 amide bonds. The molecular formula is C10H18O2. The molecule has 1 fully saturated rings. The Morgan fingerprint density at radius 1 is 1.08 bits per heavy atom. The second-order valence-electron chi connectivity index (χ2n) is 3.81. The fraction of sp³-hybridized carbons (Fsp3) is 0.800. The van der Waals surface area contributed by atoms with Gasteiger partial charge in [0.25, 0.3) is 5.95 Å². The lowest BCUT2D eigenvalue weighted by Crippen LogP contribution is -2.27. The van der Waals surface area contributed by atoms with E-state index in [0.717, 1.165) is 13.2 Å². The van der Waals surface area contributed by atoms with E-state index in [1.807, 2.05) is 0 Å². The van der Waals surface area contributed by atoms with Crippen LogP contribution in [-0.2, 0) is 9.47 Å². The average Bonchev–Trinajstić information content (AvgIpc) is 2.07. The summed E-state index contributed by atoms with van der Waals surface area (Å²) in [4.78, 5) is 0. The van der Waals surface area contributed by atoms with E-state index in [2.05, 4.69) is 27.4 Å². The zero-order valence-electron chi connectivity index (χ0n) is 8.17. The summed E-state index contributed by atoms with van der Waals surface area (Å²) in [5, 5.41) is 0. The summed E-state index contributed by atoms with van der Waals surface area (Å²) in [5.41, 5.74) is 0. The van der Waals surface area contributed by atoms with Crippen molar-refractivity contribution in [3.05, 3.63) is 12.5 Å². The number of hydrogen-bond donors (Lipinski definition) is 0. The minimum atomic E-state index is 0.473. The van der Waals surface area contributed by atoms with Crippen molar-refractivity contribution in [1.29, 1.82) is 0 Å². The molecule has 1 heterocycles. The molecule has 0 aliphatic carbocycles. The average molecular weight is 170 g/mol. The van der Waals surface area contributed by atoms with Gasteiger partial charge in [0.15, 0.2) is 0 Å². The van der Waals surface area contributed by atoms with Crippen molar-refractivity contribution in [2.24, 2.45) is 17.8 Å². The van der Waals surface area contributed by atoms with E-state index in [4.69, 9.17) is 9.47 Å². The van der Waals surface area contributed by atoms with Gasteiger partial charge in [-0.25, -0.2) is 0 Å². The quantitative estimate of drug-likeness (QED) is 0.556. The molecule has 2 unspecified atom stereocenters. The second kappa shape index (κ2) is 3.83. The smallest absolute Gasteiger partial charge is 0.271 e. The summed E-state index contributed by atoms with van der Waals surface area (Å²) in [6, 6.07) is 0. The first kappa shape index (κ1) is 9.43. The molecule has 12 heavy (non-hydrogen) atoms. The predicted octanol–water partition coefficient (Wildman–Crippen LogP) is 2.41. The third-order valence-electron chi connectivity index (χ3n) is 2.81. The van der Waals surface area contributed by atoms with Crippen molar-refractivity contribution in [3.8, 4) is 0 Å². The molecule has 0 aromatic heterocycles. The largest absolute Gasteiger partial charge is 0.466 e. The Bertz CT molecular complexity index is 149. The maximum Gasteiger partial charge on any atom is 0.271 e. The zero-order valence-corrected chi connectivity index (χ0v) is 8.17. The molecule has 1 rings (SSSR count). The van der Waals surface area contributed by atoms with Gasteiger partial charge >= 0.3 is 0 Å². The fourth-order valence-corrected chi connectivity index (χ4v) is 1.35. The Hall–Kier alpha value is -0.660. The van der Waals surface area contributed by atoms with Gasteiger partial charge in [0, 0.05) is 0 Å². The molecule has 2 atom stereocenters. The van der Waals surface area contributed by atoms with Gasteiger partial charge in [0.2, 0.25) is 0 Å². The molecule has 2 nitrogen and oxygen atoms in total. The predicted molar refractivity (Wildman–Crippen MR) is 48.5 cm³/mol. The van der Waals surface area contributed by atoms with Gasteiger partial charge < -0.3 is 9.47 Å². The first-order valence-corrected chi connectivity index (χ1v) is 4.55.